The molecule has 0 aliphatic carbocycles. The molecule has 220 valence electrons. The van der Waals surface area contributed by atoms with Crippen molar-refractivity contribution >= 4 is 50.7 Å². The van der Waals surface area contributed by atoms with Gasteiger partial charge in [0.25, 0.3) is 10.0 Å². The monoisotopic (exact) mass is 619 g/mol. The third-order valence-corrected chi connectivity index (χ3v) is 8.63. The van der Waals surface area contributed by atoms with Gasteiger partial charge in [-0.2, -0.15) is 0 Å². The molecule has 0 bridgehead atoms. The fraction of sp³-hybridized carbons (Fsp3) is 0.333. The van der Waals surface area contributed by atoms with Crippen molar-refractivity contribution in [2.75, 3.05) is 24.0 Å². The largest absolute Gasteiger partial charge is 0.494 e. The average Bonchev–Trinajstić information content (AvgIpc) is 2.95. The molecule has 0 aromatic heterocycles. The molecule has 1 N–H and O–H groups in total. The van der Waals surface area contributed by atoms with Crippen LogP contribution in [-0.4, -0.2) is 50.9 Å². The van der Waals surface area contributed by atoms with Gasteiger partial charge in [-0.25, -0.2) is 8.42 Å². The maximum Gasteiger partial charge on any atom is 0.264 e. The fourth-order valence-corrected chi connectivity index (χ4v) is 5.90. The third kappa shape index (κ3) is 8.61. The van der Waals surface area contributed by atoms with Crippen LogP contribution < -0.4 is 14.4 Å². The van der Waals surface area contributed by atoms with Gasteiger partial charge in [-0.1, -0.05) is 61.3 Å². The van der Waals surface area contributed by atoms with E-state index in [2.05, 4.69) is 5.32 Å². The lowest BCUT2D eigenvalue weighted by molar-refractivity contribution is -0.139. The topological polar surface area (TPSA) is 96.0 Å². The van der Waals surface area contributed by atoms with Gasteiger partial charge >= 0.3 is 0 Å². The summed E-state index contributed by atoms with van der Waals surface area (Å²) >= 11 is 12.5. The number of rotatable bonds is 13. The molecule has 41 heavy (non-hydrogen) atoms. The second-order valence-electron chi connectivity index (χ2n) is 9.82. The van der Waals surface area contributed by atoms with Crippen molar-refractivity contribution in [2.24, 2.45) is 5.92 Å². The standard InChI is InChI=1S/C30H35Cl2N3O5S/c1-5-40-26-15-13-25(14-16-26)35(41(38,39)27-9-7-6-8-10-27)20-29(36)34(22(4)30(37)33-18-21(2)3)19-23-11-12-24(31)17-28(23)32/h6-17,21-22H,5,18-20H2,1-4H3,(H,33,37)/t22-/m1/s1. The summed E-state index contributed by atoms with van der Waals surface area (Å²) in [5.41, 5.74) is 0.832. The first kappa shape index (κ1) is 32.2. The minimum Gasteiger partial charge on any atom is -0.494 e. The Kier molecular flexibility index (Phi) is 11.5. The Bertz CT molecular complexity index is 1430. The first-order chi connectivity index (χ1) is 19.4. The molecular weight excluding hydrogens is 585 g/mol. The Morgan fingerprint density at radius 2 is 1.61 bits per heavy atom. The van der Waals surface area contributed by atoms with Gasteiger partial charge in [0, 0.05) is 23.1 Å². The van der Waals surface area contributed by atoms with Crippen LogP contribution in [0.4, 0.5) is 5.69 Å². The van der Waals surface area contributed by atoms with E-state index in [-0.39, 0.29) is 29.0 Å². The van der Waals surface area contributed by atoms with E-state index in [9.17, 15) is 18.0 Å². The molecular formula is C30H35Cl2N3O5S. The van der Waals surface area contributed by atoms with Crippen LogP contribution in [0, 0.1) is 5.92 Å². The zero-order valence-electron chi connectivity index (χ0n) is 23.5. The molecule has 3 aromatic rings. The van der Waals surface area contributed by atoms with Gasteiger partial charge in [-0.3, -0.25) is 13.9 Å². The summed E-state index contributed by atoms with van der Waals surface area (Å²) in [6, 6.07) is 18.3. The SMILES string of the molecule is CCOc1ccc(N(CC(=O)N(Cc2ccc(Cl)cc2Cl)[C@H](C)C(=O)NCC(C)C)S(=O)(=O)c2ccccc2)cc1. The lowest BCUT2D eigenvalue weighted by Gasteiger charge is -2.32. The Labute approximate surface area is 252 Å². The smallest absolute Gasteiger partial charge is 0.264 e. The summed E-state index contributed by atoms with van der Waals surface area (Å²) in [6.45, 7) is 7.65. The zero-order chi connectivity index (χ0) is 30.2. The quantitative estimate of drug-likeness (QED) is 0.262. The van der Waals surface area contributed by atoms with Crippen molar-refractivity contribution in [1.29, 1.82) is 0 Å². The number of ether oxygens (including phenoxy) is 1. The van der Waals surface area contributed by atoms with Gasteiger partial charge in [0.15, 0.2) is 0 Å². The van der Waals surface area contributed by atoms with Gasteiger partial charge in [-0.15, -0.1) is 0 Å². The molecule has 0 aliphatic heterocycles. The van der Waals surface area contributed by atoms with E-state index in [1.165, 1.54) is 17.0 Å². The van der Waals surface area contributed by atoms with Crippen molar-refractivity contribution in [3.63, 3.8) is 0 Å². The van der Waals surface area contributed by atoms with Gasteiger partial charge in [0.05, 0.1) is 17.2 Å². The van der Waals surface area contributed by atoms with Crippen molar-refractivity contribution in [2.45, 2.75) is 45.2 Å². The Hall–Kier alpha value is -3.27. The summed E-state index contributed by atoms with van der Waals surface area (Å²) in [5.74, 6) is -0.187. The normalized spacial score (nSPS) is 12.1. The minimum atomic E-state index is -4.16. The predicted octanol–water partition coefficient (Wildman–Crippen LogP) is 5.78. The minimum absolute atomic E-state index is 0.0247. The molecule has 1 atom stereocenters. The number of hydrogen-bond acceptors (Lipinski definition) is 5. The summed E-state index contributed by atoms with van der Waals surface area (Å²) in [7, 11) is -4.16. The van der Waals surface area contributed by atoms with Crippen molar-refractivity contribution < 1.29 is 22.7 Å². The van der Waals surface area contributed by atoms with Crippen molar-refractivity contribution in [3.8, 4) is 5.75 Å². The summed E-state index contributed by atoms with van der Waals surface area (Å²) in [4.78, 5) is 28.4. The number of carbonyl (C=O) groups excluding carboxylic acids is 2. The molecule has 3 aromatic carbocycles. The number of halogens is 2. The van der Waals surface area contributed by atoms with Gasteiger partial charge in [0.2, 0.25) is 11.8 Å². The molecule has 8 nitrogen and oxygen atoms in total. The van der Waals surface area contributed by atoms with Crippen LogP contribution in [0.3, 0.4) is 0 Å². The lowest BCUT2D eigenvalue weighted by Crippen LogP contribution is -2.51. The molecule has 3 rings (SSSR count). The van der Waals surface area contributed by atoms with Crippen molar-refractivity contribution in [3.05, 3.63) is 88.4 Å². The second-order valence-corrected chi connectivity index (χ2v) is 12.5. The second kappa shape index (κ2) is 14.6. The zero-order valence-corrected chi connectivity index (χ0v) is 25.8. The molecule has 2 amide bonds. The highest BCUT2D eigenvalue weighted by Gasteiger charge is 2.32. The molecule has 0 radical (unpaired) electrons. The lowest BCUT2D eigenvalue weighted by atomic mass is 10.1. The van der Waals surface area contributed by atoms with E-state index in [0.717, 1.165) is 4.31 Å². The van der Waals surface area contributed by atoms with E-state index < -0.39 is 28.5 Å². The molecule has 0 fully saturated rings. The van der Waals surface area contributed by atoms with E-state index >= 15 is 0 Å². The molecule has 0 saturated carbocycles. The van der Waals surface area contributed by atoms with Crippen LogP contribution in [0.5, 0.6) is 5.75 Å². The Morgan fingerprint density at radius 3 is 2.20 bits per heavy atom. The first-order valence-electron chi connectivity index (χ1n) is 13.3. The van der Waals surface area contributed by atoms with Crippen LogP contribution in [0.2, 0.25) is 10.0 Å². The van der Waals surface area contributed by atoms with Gasteiger partial charge < -0.3 is 15.0 Å². The van der Waals surface area contributed by atoms with E-state index in [1.54, 1.807) is 67.6 Å². The van der Waals surface area contributed by atoms with Crippen LogP contribution in [-0.2, 0) is 26.2 Å². The summed E-state index contributed by atoms with van der Waals surface area (Å²) in [5, 5.41) is 3.60. The molecule has 11 heteroatoms. The number of benzene rings is 3. The van der Waals surface area contributed by atoms with Crippen LogP contribution in [0.15, 0.2) is 77.7 Å². The predicted molar refractivity (Wildman–Crippen MR) is 163 cm³/mol. The van der Waals surface area contributed by atoms with E-state index in [0.29, 0.717) is 34.5 Å². The molecule has 0 spiro atoms. The third-order valence-electron chi connectivity index (χ3n) is 6.25. The molecule has 0 unspecified atom stereocenters. The average molecular weight is 621 g/mol. The van der Waals surface area contributed by atoms with Gasteiger partial charge in [0.1, 0.15) is 18.3 Å². The maximum atomic E-state index is 14.0. The highest BCUT2D eigenvalue weighted by Crippen LogP contribution is 2.28. The summed E-state index contributed by atoms with van der Waals surface area (Å²) in [6.07, 6.45) is 0. The Morgan fingerprint density at radius 1 is 0.951 bits per heavy atom. The van der Waals surface area contributed by atoms with Gasteiger partial charge in [-0.05, 0) is 73.9 Å². The highest BCUT2D eigenvalue weighted by atomic mass is 35.5. The molecule has 0 heterocycles. The van der Waals surface area contributed by atoms with E-state index in [1.807, 2.05) is 20.8 Å². The van der Waals surface area contributed by atoms with Crippen molar-refractivity contribution in [1.82, 2.24) is 10.2 Å². The number of nitrogens with one attached hydrogen (secondary N) is 1. The Balaban J connectivity index is 2.02. The number of sulfonamides is 1. The van der Waals surface area contributed by atoms with Crippen LogP contribution >= 0.6 is 23.2 Å². The number of nitrogens with zero attached hydrogens (tertiary/aromatic N) is 2. The molecule has 0 aliphatic rings. The fourth-order valence-electron chi connectivity index (χ4n) is 3.99. The van der Waals surface area contributed by atoms with Crippen LogP contribution in [0.1, 0.15) is 33.3 Å². The number of hydrogen-bond donors (Lipinski definition) is 1. The number of anilines is 1. The number of carbonyl (C=O) groups is 2. The highest BCUT2D eigenvalue weighted by molar-refractivity contribution is 7.92. The van der Waals surface area contributed by atoms with Crippen LogP contribution in [0.25, 0.3) is 0 Å². The maximum absolute atomic E-state index is 14.0. The van der Waals surface area contributed by atoms with E-state index in [4.69, 9.17) is 27.9 Å². The summed E-state index contributed by atoms with van der Waals surface area (Å²) < 4.78 is 34.2. The molecule has 0 saturated heterocycles. The number of amides is 2. The first-order valence-corrected chi connectivity index (χ1v) is 15.4.